The van der Waals surface area contributed by atoms with Crippen LogP contribution in [0.15, 0.2) is 66.9 Å². The highest BCUT2D eigenvalue weighted by atomic mass is 35.5. The Balaban J connectivity index is 1.59. The molecule has 2 amide bonds. The fourth-order valence-corrected chi connectivity index (χ4v) is 4.13. The van der Waals surface area contributed by atoms with Crippen LogP contribution in [-0.4, -0.2) is 39.6 Å². The fraction of sp³-hybridized carbons (Fsp3) is 0.240. The van der Waals surface area contributed by atoms with Crippen molar-refractivity contribution in [2.24, 2.45) is 11.7 Å². The molecule has 1 aliphatic heterocycles. The van der Waals surface area contributed by atoms with Crippen molar-refractivity contribution in [2.75, 3.05) is 13.1 Å². The number of amides is 2. The van der Waals surface area contributed by atoms with Gasteiger partial charge in [-0.05, 0) is 30.5 Å². The number of hydrogen-bond acceptors (Lipinski definition) is 3. The molecule has 1 aliphatic rings. The zero-order valence-electron chi connectivity index (χ0n) is 17.7. The Labute approximate surface area is 192 Å². The summed E-state index contributed by atoms with van der Waals surface area (Å²) in [6, 6.07) is 17.5. The number of nitrogens with two attached hydrogens (primary N) is 1. The summed E-state index contributed by atoms with van der Waals surface area (Å²) < 4.78 is 1.83. The standard InChI is InChI=1S/C25H25ClN4O2/c26-22-11-5-4-9-19(22)16-30-17-20(24(28-30)18-7-2-1-3-8-18)12-13-23(31)29-14-6-10-21(15-29)25(27)32/h1-5,7-9,11-13,17,21H,6,10,14-16H2,(H2,27,32)/b13-12+. The molecule has 1 unspecified atom stereocenters. The quantitative estimate of drug-likeness (QED) is 0.579. The molecule has 6 nitrogen and oxygen atoms in total. The summed E-state index contributed by atoms with van der Waals surface area (Å²) in [5, 5.41) is 5.45. The summed E-state index contributed by atoms with van der Waals surface area (Å²) in [6.45, 7) is 1.52. The second-order valence-corrected chi connectivity index (χ2v) is 8.35. The van der Waals surface area contributed by atoms with Gasteiger partial charge in [-0.2, -0.15) is 5.10 Å². The van der Waals surface area contributed by atoms with Gasteiger partial charge in [0.2, 0.25) is 11.8 Å². The summed E-state index contributed by atoms with van der Waals surface area (Å²) in [4.78, 5) is 26.0. The normalized spacial score (nSPS) is 16.4. The van der Waals surface area contributed by atoms with Crippen LogP contribution in [0.4, 0.5) is 0 Å². The van der Waals surface area contributed by atoms with E-state index < -0.39 is 0 Å². The second-order valence-electron chi connectivity index (χ2n) is 7.95. The molecule has 1 saturated heterocycles. The Kier molecular flexibility index (Phi) is 6.71. The molecule has 0 aliphatic carbocycles. The minimum Gasteiger partial charge on any atom is -0.369 e. The molecule has 0 bridgehead atoms. The van der Waals surface area contributed by atoms with Gasteiger partial charge in [-0.25, -0.2) is 0 Å². The number of carbonyl (C=O) groups excluding carboxylic acids is 2. The minimum absolute atomic E-state index is 0.131. The van der Waals surface area contributed by atoms with Crippen molar-refractivity contribution in [3.63, 3.8) is 0 Å². The average Bonchev–Trinajstić information content (AvgIpc) is 3.22. The smallest absolute Gasteiger partial charge is 0.246 e. The molecular weight excluding hydrogens is 424 g/mol. The Morgan fingerprint density at radius 1 is 1.12 bits per heavy atom. The molecule has 1 atom stereocenters. The molecule has 3 aromatic rings. The highest BCUT2D eigenvalue weighted by molar-refractivity contribution is 6.31. The van der Waals surface area contributed by atoms with Gasteiger partial charge in [0.1, 0.15) is 0 Å². The molecule has 2 N–H and O–H groups in total. The van der Waals surface area contributed by atoms with Crippen molar-refractivity contribution >= 4 is 29.5 Å². The summed E-state index contributed by atoms with van der Waals surface area (Å²) in [6.07, 6.45) is 6.76. The van der Waals surface area contributed by atoms with Gasteiger partial charge in [0, 0.05) is 41.5 Å². The molecule has 0 spiro atoms. The lowest BCUT2D eigenvalue weighted by Gasteiger charge is -2.30. The minimum atomic E-state index is -0.348. The third-order valence-electron chi connectivity index (χ3n) is 5.67. The third-order valence-corrected chi connectivity index (χ3v) is 6.04. The molecule has 0 saturated carbocycles. The fourth-order valence-electron chi connectivity index (χ4n) is 3.94. The van der Waals surface area contributed by atoms with Gasteiger partial charge in [-0.1, -0.05) is 60.1 Å². The number of carbonyl (C=O) groups is 2. The van der Waals surface area contributed by atoms with Gasteiger partial charge < -0.3 is 10.6 Å². The molecular formula is C25H25ClN4O2. The number of piperidine rings is 1. The predicted octanol–water partition coefficient (Wildman–Crippen LogP) is 3.99. The van der Waals surface area contributed by atoms with Crippen LogP contribution >= 0.6 is 11.6 Å². The number of aromatic nitrogens is 2. The molecule has 0 radical (unpaired) electrons. The van der Waals surface area contributed by atoms with E-state index in [1.165, 1.54) is 0 Å². The van der Waals surface area contributed by atoms with E-state index in [1.807, 2.05) is 65.5 Å². The number of benzene rings is 2. The maximum atomic E-state index is 12.8. The zero-order valence-corrected chi connectivity index (χ0v) is 18.4. The summed E-state index contributed by atoms with van der Waals surface area (Å²) in [5.74, 6) is -0.758. The number of nitrogens with zero attached hydrogens (tertiary/aromatic N) is 3. The first-order valence-electron chi connectivity index (χ1n) is 10.6. The van der Waals surface area contributed by atoms with Crippen molar-refractivity contribution in [3.8, 4) is 11.3 Å². The highest BCUT2D eigenvalue weighted by Gasteiger charge is 2.26. The summed E-state index contributed by atoms with van der Waals surface area (Å²) >= 11 is 6.32. The maximum Gasteiger partial charge on any atom is 0.246 e. The molecule has 1 fully saturated rings. The lowest BCUT2D eigenvalue weighted by atomic mass is 9.97. The lowest BCUT2D eigenvalue weighted by Crippen LogP contribution is -2.43. The van der Waals surface area contributed by atoms with E-state index in [1.54, 1.807) is 17.1 Å². The molecule has 2 heterocycles. The first kappa shape index (κ1) is 21.8. The summed E-state index contributed by atoms with van der Waals surface area (Å²) in [7, 11) is 0. The predicted molar refractivity (Wildman–Crippen MR) is 126 cm³/mol. The van der Waals surface area contributed by atoms with Crippen LogP contribution < -0.4 is 5.73 Å². The highest BCUT2D eigenvalue weighted by Crippen LogP contribution is 2.25. The van der Waals surface area contributed by atoms with E-state index in [-0.39, 0.29) is 17.7 Å². The van der Waals surface area contributed by atoms with E-state index >= 15 is 0 Å². The van der Waals surface area contributed by atoms with Crippen LogP contribution in [0.3, 0.4) is 0 Å². The van der Waals surface area contributed by atoms with Crippen LogP contribution in [0.2, 0.25) is 5.02 Å². The number of likely N-dealkylation sites (tertiary alicyclic amines) is 1. The zero-order chi connectivity index (χ0) is 22.5. The van der Waals surface area contributed by atoms with Crippen LogP contribution in [0, 0.1) is 5.92 Å². The van der Waals surface area contributed by atoms with Gasteiger partial charge in [0.15, 0.2) is 0 Å². The van der Waals surface area contributed by atoms with Crippen molar-refractivity contribution in [2.45, 2.75) is 19.4 Å². The van der Waals surface area contributed by atoms with E-state index in [9.17, 15) is 9.59 Å². The first-order chi connectivity index (χ1) is 15.5. The van der Waals surface area contributed by atoms with Crippen molar-refractivity contribution in [1.29, 1.82) is 0 Å². The molecule has 1 aromatic heterocycles. The first-order valence-corrected chi connectivity index (χ1v) is 11.0. The van der Waals surface area contributed by atoms with E-state index in [4.69, 9.17) is 22.4 Å². The Morgan fingerprint density at radius 3 is 2.62 bits per heavy atom. The Hall–Kier alpha value is -3.38. The van der Waals surface area contributed by atoms with E-state index in [2.05, 4.69) is 0 Å². The van der Waals surface area contributed by atoms with Crippen molar-refractivity contribution < 1.29 is 9.59 Å². The van der Waals surface area contributed by atoms with E-state index in [0.29, 0.717) is 24.7 Å². The largest absolute Gasteiger partial charge is 0.369 e. The molecule has 2 aromatic carbocycles. The van der Waals surface area contributed by atoms with Crippen LogP contribution in [0.5, 0.6) is 0 Å². The Morgan fingerprint density at radius 2 is 1.88 bits per heavy atom. The second kappa shape index (κ2) is 9.83. The molecule has 7 heteroatoms. The van der Waals surface area contributed by atoms with E-state index in [0.717, 1.165) is 35.2 Å². The van der Waals surface area contributed by atoms with Crippen molar-refractivity contribution in [1.82, 2.24) is 14.7 Å². The number of halogens is 1. The molecule has 4 rings (SSSR count). The molecule has 164 valence electrons. The van der Waals surface area contributed by atoms with Gasteiger partial charge in [-0.3, -0.25) is 14.3 Å². The molecule has 32 heavy (non-hydrogen) atoms. The van der Waals surface area contributed by atoms with Gasteiger partial charge in [0.05, 0.1) is 18.2 Å². The third kappa shape index (κ3) is 5.08. The number of rotatable bonds is 6. The Bertz CT molecular complexity index is 1140. The van der Waals surface area contributed by atoms with Crippen LogP contribution in [0.1, 0.15) is 24.0 Å². The monoisotopic (exact) mass is 448 g/mol. The maximum absolute atomic E-state index is 12.8. The number of primary amides is 1. The van der Waals surface area contributed by atoms with Gasteiger partial charge >= 0.3 is 0 Å². The SMILES string of the molecule is NC(=O)C1CCCN(C(=O)/C=C/c2cn(Cc3ccccc3Cl)nc2-c2ccccc2)C1. The van der Waals surface area contributed by atoms with Gasteiger partial charge in [0.25, 0.3) is 0 Å². The topological polar surface area (TPSA) is 81.2 Å². The van der Waals surface area contributed by atoms with Crippen LogP contribution in [0.25, 0.3) is 17.3 Å². The van der Waals surface area contributed by atoms with Crippen LogP contribution in [-0.2, 0) is 16.1 Å². The average molecular weight is 449 g/mol. The summed E-state index contributed by atoms with van der Waals surface area (Å²) in [5.41, 5.74) is 8.99. The van der Waals surface area contributed by atoms with Gasteiger partial charge in [-0.15, -0.1) is 0 Å². The number of hydrogen-bond donors (Lipinski definition) is 1. The van der Waals surface area contributed by atoms with Crippen molar-refractivity contribution in [3.05, 3.63) is 83.0 Å². The lowest BCUT2D eigenvalue weighted by molar-refractivity contribution is -0.130.